The van der Waals surface area contributed by atoms with E-state index in [9.17, 15) is 4.79 Å². The molecule has 2 N–H and O–H groups in total. The molecule has 0 atom stereocenters. The number of nitrogens with one attached hydrogen (secondary N) is 2. The Morgan fingerprint density at radius 1 is 1.16 bits per heavy atom. The molecule has 0 bridgehead atoms. The summed E-state index contributed by atoms with van der Waals surface area (Å²) in [5, 5.41) is 5.90. The second-order valence-corrected chi connectivity index (χ2v) is 4.42. The van der Waals surface area contributed by atoms with Crippen molar-refractivity contribution in [3.8, 4) is 0 Å². The van der Waals surface area contributed by atoms with E-state index in [2.05, 4.69) is 15.6 Å². The summed E-state index contributed by atoms with van der Waals surface area (Å²) < 4.78 is 0. The van der Waals surface area contributed by atoms with Crippen molar-refractivity contribution in [2.75, 3.05) is 5.32 Å². The fourth-order valence-electron chi connectivity index (χ4n) is 1.40. The molecule has 1 aromatic heterocycles. The van der Waals surface area contributed by atoms with Crippen molar-refractivity contribution in [2.24, 2.45) is 0 Å². The van der Waals surface area contributed by atoms with E-state index in [0.29, 0.717) is 16.4 Å². The van der Waals surface area contributed by atoms with Crippen LogP contribution in [0.4, 0.5) is 5.82 Å². The zero-order valence-corrected chi connectivity index (χ0v) is 11.3. The summed E-state index contributed by atoms with van der Waals surface area (Å²) in [6, 6.07) is 12.1. The van der Waals surface area contributed by atoms with Crippen molar-refractivity contribution in [3.63, 3.8) is 0 Å². The first-order valence-corrected chi connectivity index (χ1v) is 6.23. The number of carbonyl (C=O) groups is 1. The number of hydrogen-bond donors (Lipinski definition) is 2. The Kier molecular flexibility index (Phi) is 4.43. The maximum absolute atomic E-state index is 11.9. The molecule has 0 aliphatic heterocycles. The molecule has 19 heavy (non-hydrogen) atoms. The second kappa shape index (κ2) is 6.26. The lowest BCUT2D eigenvalue weighted by atomic mass is 10.2. The lowest BCUT2D eigenvalue weighted by Gasteiger charge is -2.09. The molecule has 0 aliphatic carbocycles. The maximum Gasteiger partial charge on any atom is 0.258 e. The molecular weight excluding hydrogens is 282 g/mol. The van der Waals surface area contributed by atoms with Gasteiger partial charge in [0.2, 0.25) is 0 Å². The molecule has 0 spiro atoms. The number of carbonyl (C=O) groups excluding carboxylic acids is 1. The van der Waals surface area contributed by atoms with Crippen molar-refractivity contribution >= 4 is 40.7 Å². The molecule has 2 rings (SSSR count). The van der Waals surface area contributed by atoms with Crippen molar-refractivity contribution in [1.29, 1.82) is 0 Å². The molecule has 96 valence electrons. The van der Waals surface area contributed by atoms with Gasteiger partial charge in [0.1, 0.15) is 5.82 Å². The van der Waals surface area contributed by atoms with Crippen molar-refractivity contribution in [3.05, 3.63) is 59.2 Å². The number of rotatable bonds is 2. The van der Waals surface area contributed by atoms with Crippen LogP contribution >= 0.6 is 23.8 Å². The Balaban J connectivity index is 2.00. The van der Waals surface area contributed by atoms with Crippen LogP contribution in [0.15, 0.2) is 48.7 Å². The predicted molar refractivity (Wildman–Crippen MR) is 79.4 cm³/mol. The highest BCUT2D eigenvalue weighted by Crippen LogP contribution is 2.14. The van der Waals surface area contributed by atoms with Crippen LogP contribution in [0.2, 0.25) is 5.02 Å². The third-order valence-electron chi connectivity index (χ3n) is 2.25. The number of pyridine rings is 1. The van der Waals surface area contributed by atoms with Crippen molar-refractivity contribution in [2.45, 2.75) is 0 Å². The number of hydrogen-bond acceptors (Lipinski definition) is 3. The molecule has 0 radical (unpaired) electrons. The van der Waals surface area contributed by atoms with Gasteiger partial charge in [0.05, 0.1) is 10.6 Å². The Bertz CT molecular complexity index is 604. The van der Waals surface area contributed by atoms with Crippen LogP contribution in [0.3, 0.4) is 0 Å². The quantitative estimate of drug-likeness (QED) is 0.836. The van der Waals surface area contributed by atoms with Gasteiger partial charge in [-0.15, -0.1) is 0 Å². The van der Waals surface area contributed by atoms with Crippen LogP contribution in [0, 0.1) is 0 Å². The molecule has 0 saturated carbocycles. The molecule has 2 aromatic rings. The largest absolute Gasteiger partial charge is 0.317 e. The van der Waals surface area contributed by atoms with Crippen LogP contribution in [-0.2, 0) is 0 Å². The fraction of sp³-hybridized carbons (Fsp3) is 0. The highest BCUT2D eigenvalue weighted by molar-refractivity contribution is 7.80. The van der Waals surface area contributed by atoms with Gasteiger partial charge in [-0.05, 0) is 36.5 Å². The first-order chi connectivity index (χ1) is 9.16. The van der Waals surface area contributed by atoms with Gasteiger partial charge in [-0.2, -0.15) is 0 Å². The second-order valence-electron chi connectivity index (χ2n) is 3.60. The van der Waals surface area contributed by atoms with E-state index in [1.807, 2.05) is 6.07 Å². The summed E-state index contributed by atoms with van der Waals surface area (Å²) in [6.07, 6.45) is 1.63. The molecular formula is C13H10ClN3OS. The van der Waals surface area contributed by atoms with Gasteiger partial charge >= 0.3 is 0 Å². The first-order valence-electron chi connectivity index (χ1n) is 5.45. The lowest BCUT2D eigenvalue weighted by molar-refractivity contribution is 0.0978. The fourth-order valence-corrected chi connectivity index (χ4v) is 1.82. The summed E-state index contributed by atoms with van der Waals surface area (Å²) in [6.45, 7) is 0. The Labute approximate surface area is 120 Å². The van der Waals surface area contributed by atoms with E-state index in [-0.39, 0.29) is 11.0 Å². The van der Waals surface area contributed by atoms with Crippen molar-refractivity contribution < 1.29 is 4.79 Å². The summed E-state index contributed by atoms with van der Waals surface area (Å²) in [4.78, 5) is 16.0. The molecule has 0 unspecified atom stereocenters. The normalized spacial score (nSPS) is 9.74. The Morgan fingerprint density at radius 2 is 1.89 bits per heavy atom. The zero-order chi connectivity index (χ0) is 13.7. The van der Waals surface area contributed by atoms with Crippen LogP contribution in [0.5, 0.6) is 0 Å². The van der Waals surface area contributed by atoms with E-state index < -0.39 is 0 Å². The van der Waals surface area contributed by atoms with E-state index in [1.165, 1.54) is 0 Å². The van der Waals surface area contributed by atoms with Gasteiger partial charge in [0.15, 0.2) is 5.11 Å². The minimum Gasteiger partial charge on any atom is -0.317 e. The average molecular weight is 292 g/mol. The first kappa shape index (κ1) is 13.5. The zero-order valence-electron chi connectivity index (χ0n) is 9.76. The van der Waals surface area contributed by atoms with Crippen molar-refractivity contribution in [1.82, 2.24) is 10.3 Å². The molecule has 4 nitrogen and oxygen atoms in total. The van der Waals surface area contributed by atoms with Gasteiger partial charge < -0.3 is 5.32 Å². The number of anilines is 1. The number of amides is 1. The molecule has 1 aromatic carbocycles. The molecule has 6 heteroatoms. The molecule has 1 heterocycles. The Hall–Kier alpha value is -1.98. The van der Waals surface area contributed by atoms with Crippen LogP contribution in [-0.4, -0.2) is 16.0 Å². The average Bonchev–Trinajstić information content (AvgIpc) is 2.40. The number of thiocarbonyl (C=S) groups is 1. The molecule has 1 amide bonds. The minimum absolute atomic E-state index is 0.170. The number of nitrogens with zero attached hydrogens (tertiary/aromatic N) is 1. The van der Waals surface area contributed by atoms with E-state index in [4.69, 9.17) is 23.8 Å². The smallest absolute Gasteiger partial charge is 0.258 e. The standard InChI is InChI=1S/C13H10ClN3OS/c14-10-6-2-1-5-9(10)12(18)17-13(19)16-11-7-3-4-8-15-11/h1-8H,(H2,15,16,17,18,19). The van der Waals surface area contributed by atoms with Crippen LogP contribution in [0.25, 0.3) is 0 Å². The van der Waals surface area contributed by atoms with E-state index in [0.717, 1.165) is 0 Å². The third-order valence-corrected chi connectivity index (χ3v) is 2.79. The lowest BCUT2D eigenvalue weighted by Crippen LogP contribution is -2.34. The monoisotopic (exact) mass is 291 g/mol. The topological polar surface area (TPSA) is 54.0 Å². The van der Waals surface area contributed by atoms with Crippen LogP contribution in [0.1, 0.15) is 10.4 Å². The van der Waals surface area contributed by atoms with E-state index >= 15 is 0 Å². The highest BCUT2D eigenvalue weighted by atomic mass is 35.5. The number of aromatic nitrogens is 1. The van der Waals surface area contributed by atoms with Crippen LogP contribution < -0.4 is 10.6 Å². The van der Waals surface area contributed by atoms with Gasteiger partial charge in [-0.3, -0.25) is 10.1 Å². The summed E-state index contributed by atoms with van der Waals surface area (Å²) in [5.74, 6) is 0.200. The SMILES string of the molecule is O=C(NC(=S)Nc1ccccn1)c1ccccc1Cl. The van der Waals surface area contributed by atoms with E-state index in [1.54, 1.807) is 42.6 Å². The predicted octanol–water partition coefficient (Wildman–Crippen LogP) is 2.86. The highest BCUT2D eigenvalue weighted by Gasteiger charge is 2.11. The summed E-state index contributed by atoms with van der Waals surface area (Å²) in [5.41, 5.74) is 0.370. The maximum atomic E-state index is 11.9. The van der Waals surface area contributed by atoms with Gasteiger partial charge in [-0.25, -0.2) is 4.98 Å². The van der Waals surface area contributed by atoms with Gasteiger partial charge in [0, 0.05) is 6.20 Å². The van der Waals surface area contributed by atoms with Gasteiger partial charge in [-0.1, -0.05) is 29.8 Å². The number of benzene rings is 1. The Morgan fingerprint density at radius 3 is 2.58 bits per heavy atom. The molecule has 0 fully saturated rings. The summed E-state index contributed by atoms with van der Waals surface area (Å²) >= 11 is 11.0. The molecule has 0 aliphatic rings. The summed E-state index contributed by atoms with van der Waals surface area (Å²) in [7, 11) is 0. The number of halogens is 1. The minimum atomic E-state index is -0.362. The third kappa shape index (κ3) is 3.74. The van der Waals surface area contributed by atoms with Gasteiger partial charge in [0.25, 0.3) is 5.91 Å². The molecule has 0 saturated heterocycles.